The summed E-state index contributed by atoms with van der Waals surface area (Å²) in [4.78, 5) is 24.6. The lowest BCUT2D eigenvalue weighted by Gasteiger charge is -2.20. The Hall–Kier alpha value is -3.34. The molecule has 1 heterocycles. The van der Waals surface area contributed by atoms with Crippen molar-refractivity contribution < 1.29 is 14.0 Å². The fraction of sp³-hybridized carbons (Fsp3) is 0.250. The molecule has 2 amide bonds. The number of amides is 2. The van der Waals surface area contributed by atoms with Gasteiger partial charge in [0.2, 0.25) is 0 Å². The molecule has 2 aromatic carbocycles. The molecule has 0 aliphatic heterocycles. The van der Waals surface area contributed by atoms with E-state index in [1.807, 2.05) is 6.92 Å². The molecule has 0 spiro atoms. The van der Waals surface area contributed by atoms with Gasteiger partial charge in [-0.25, -0.2) is 0 Å². The van der Waals surface area contributed by atoms with Crippen LogP contribution in [0.15, 0.2) is 65.3 Å². The molecule has 0 fully saturated rings. The Balaban J connectivity index is 1.38. The zero-order valence-corrected chi connectivity index (χ0v) is 16.4. The monoisotopic (exact) mass is 388 g/mol. The molecule has 0 saturated carbocycles. The molecule has 0 unspecified atom stereocenters. The van der Waals surface area contributed by atoms with Gasteiger partial charge in [0.15, 0.2) is 5.76 Å². The molecule has 1 atom stereocenters. The van der Waals surface area contributed by atoms with E-state index in [1.165, 1.54) is 30.2 Å². The fourth-order valence-corrected chi connectivity index (χ4v) is 3.69. The Morgan fingerprint density at radius 1 is 0.931 bits per heavy atom. The molecule has 1 aliphatic carbocycles. The molecular weight excluding hydrogens is 364 g/mol. The van der Waals surface area contributed by atoms with Crippen molar-refractivity contribution in [3.8, 4) is 0 Å². The van der Waals surface area contributed by atoms with Crippen LogP contribution in [0.2, 0.25) is 0 Å². The van der Waals surface area contributed by atoms with Crippen molar-refractivity contribution >= 4 is 17.5 Å². The minimum Gasteiger partial charge on any atom is -0.459 e. The van der Waals surface area contributed by atoms with Gasteiger partial charge in [0.05, 0.1) is 12.3 Å². The molecule has 4 rings (SSSR count). The first-order valence-electron chi connectivity index (χ1n) is 9.97. The second-order valence-electron chi connectivity index (χ2n) is 7.44. The number of anilines is 1. The maximum atomic E-state index is 12.6. The highest BCUT2D eigenvalue weighted by molar-refractivity contribution is 6.02. The van der Waals surface area contributed by atoms with Crippen molar-refractivity contribution in [1.82, 2.24) is 5.32 Å². The quantitative estimate of drug-likeness (QED) is 0.653. The summed E-state index contributed by atoms with van der Waals surface area (Å²) in [7, 11) is 0. The average Bonchev–Trinajstić information content (AvgIpc) is 3.29. The fourth-order valence-electron chi connectivity index (χ4n) is 3.69. The number of nitrogens with one attached hydrogen (secondary N) is 2. The van der Waals surface area contributed by atoms with Crippen molar-refractivity contribution in [2.75, 3.05) is 5.32 Å². The van der Waals surface area contributed by atoms with E-state index in [2.05, 4.69) is 28.8 Å². The van der Waals surface area contributed by atoms with Gasteiger partial charge < -0.3 is 15.1 Å². The summed E-state index contributed by atoms with van der Waals surface area (Å²) in [6.45, 7) is 2.00. The maximum Gasteiger partial charge on any atom is 0.291 e. The lowest BCUT2D eigenvalue weighted by molar-refractivity contribution is 0.0939. The Bertz CT molecular complexity index is 1010. The second kappa shape index (κ2) is 8.35. The SMILES string of the molecule is C[C@H](NC(=O)c1ccc(NC(=O)c2ccco2)cc1)c1ccc2c(c1)CCCC2. The van der Waals surface area contributed by atoms with Crippen LogP contribution in [0, 0.1) is 0 Å². The van der Waals surface area contributed by atoms with Crippen LogP contribution in [0.1, 0.15) is 63.4 Å². The van der Waals surface area contributed by atoms with Gasteiger partial charge in [0.1, 0.15) is 0 Å². The van der Waals surface area contributed by atoms with Crippen LogP contribution in [0.5, 0.6) is 0 Å². The summed E-state index contributed by atoms with van der Waals surface area (Å²) < 4.78 is 5.07. The van der Waals surface area contributed by atoms with E-state index in [0.29, 0.717) is 11.3 Å². The first kappa shape index (κ1) is 19.0. The number of carbonyl (C=O) groups is 2. The van der Waals surface area contributed by atoms with Crippen LogP contribution in [0.25, 0.3) is 0 Å². The van der Waals surface area contributed by atoms with Gasteiger partial charge >= 0.3 is 0 Å². The first-order chi connectivity index (χ1) is 14.1. The number of rotatable bonds is 5. The molecule has 3 aromatic rings. The molecule has 5 heteroatoms. The van der Waals surface area contributed by atoms with Gasteiger partial charge in [-0.15, -0.1) is 0 Å². The first-order valence-corrected chi connectivity index (χ1v) is 9.97. The van der Waals surface area contributed by atoms with Crippen LogP contribution in [-0.2, 0) is 12.8 Å². The van der Waals surface area contributed by atoms with Crippen LogP contribution in [-0.4, -0.2) is 11.8 Å². The van der Waals surface area contributed by atoms with Gasteiger partial charge in [-0.1, -0.05) is 18.2 Å². The molecule has 5 nitrogen and oxygen atoms in total. The minimum atomic E-state index is -0.326. The highest BCUT2D eigenvalue weighted by atomic mass is 16.3. The lowest BCUT2D eigenvalue weighted by Crippen LogP contribution is -2.26. The molecule has 29 heavy (non-hydrogen) atoms. The number of carbonyl (C=O) groups excluding carboxylic acids is 2. The molecule has 148 valence electrons. The third-order valence-corrected chi connectivity index (χ3v) is 5.37. The zero-order chi connectivity index (χ0) is 20.2. The Labute approximate surface area is 170 Å². The van der Waals surface area contributed by atoms with Crippen LogP contribution >= 0.6 is 0 Å². The standard InChI is InChI=1S/C24H24N2O3/c1-16(19-9-8-17-5-2-3-6-20(17)15-19)25-23(27)18-10-12-21(13-11-18)26-24(28)22-7-4-14-29-22/h4,7-16H,2-3,5-6H2,1H3,(H,25,27)(H,26,28)/t16-/m0/s1. The number of aryl methyl sites for hydroxylation is 2. The number of hydrogen-bond donors (Lipinski definition) is 2. The highest BCUT2D eigenvalue weighted by Crippen LogP contribution is 2.25. The summed E-state index contributed by atoms with van der Waals surface area (Å²) in [5.74, 6) is -0.224. The number of hydrogen-bond acceptors (Lipinski definition) is 3. The molecule has 1 aliphatic rings. The van der Waals surface area contributed by atoms with Gasteiger partial charge in [0, 0.05) is 11.3 Å². The van der Waals surface area contributed by atoms with E-state index in [9.17, 15) is 9.59 Å². The second-order valence-corrected chi connectivity index (χ2v) is 7.44. The molecule has 0 bridgehead atoms. The van der Waals surface area contributed by atoms with E-state index < -0.39 is 0 Å². The summed E-state index contributed by atoms with van der Waals surface area (Å²) >= 11 is 0. The van der Waals surface area contributed by atoms with E-state index in [-0.39, 0.29) is 23.6 Å². The van der Waals surface area contributed by atoms with Gasteiger partial charge in [-0.2, -0.15) is 0 Å². The lowest BCUT2D eigenvalue weighted by atomic mass is 9.89. The highest BCUT2D eigenvalue weighted by Gasteiger charge is 2.15. The maximum absolute atomic E-state index is 12.6. The Morgan fingerprint density at radius 2 is 1.69 bits per heavy atom. The smallest absolute Gasteiger partial charge is 0.291 e. The average molecular weight is 388 g/mol. The number of furan rings is 1. The predicted molar refractivity (Wildman–Crippen MR) is 112 cm³/mol. The molecule has 2 N–H and O–H groups in total. The summed E-state index contributed by atoms with van der Waals surface area (Å²) in [5.41, 5.74) is 5.12. The topological polar surface area (TPSA) is 71.3 Å². The van der Waals surface area contributed by atoms with E-state index >= 15 is 0 Å². The van der Waals surface area contributed by atoms with Gasteiger partial charge in [0.25, 0.3) is 11.8 Å². The van der Waals surface area contributed by atoms with Crippen LogP contribution < -0.4 is 10.6 Å². The number of fused-ring (bicyclic) bond motifs is 1. The molecular formula is C24H24N2O3. The molecule has 0 radical (unpaired) electrons. The van der Waals surface area contributed by atoms with Crippen molar-refractivity contribution in [3.05, 3.63) is 88.9 Å². The summed E-state index contributed by atoms with van der Waals surface area (Å²) in [6, 6.07) is 16.5. The zero-order valence-electron chi connectivity index (χ0n) is 16.4. The van der Waals surface area contributed by atoms with E-state index in [0.717, 1.165) is 18.4 Å². The minimum absolute atomic E-state index is 0.0759. The summed E-state index contributed by atoms with van der Waals surface area (Å²) in [5, 5.41) is 5.80. The van der Waals surface area contributed by atoms with Crippen molar-refractivity contribution in [1.29, 1.82) is 0 Å². The third-order valence-electron chi connectivity index (χ3n) is 5.37. The van der Waals surface area contributed by atoms with Crippen molar-refractivity contribution in [3.63, 3.8) is 0 Å². The van der Waals surface area contributed by atoms with E-state index in [4.69, 9.17) is 4.42 Å². The predicted octanol–water partition coefficient (Wildman–Crippen LogP) is 4.90. The third kappa shape index (κ3) is 4.40. The molecule has 0 saturated heterocycles. The van der Waals surface area contributed by atoms with Crippen LogP contribution in [0.3, 0.4) is 0 Å². The van der Waals surface area contributed by atoms with Gasteiger partial charge in [-0.05, 0) is 85.7 Å². The summed E-state index contributed by atoms with van der Waals surface area (Å²) in [6.07, 6.45) is 6.22. The number of benzene rings is 2. The Morgan fingerprint density at radius 3 is 2.41 bits per heavy atom. The van der Waals surface area contributed by atoms with Crippen molar-refractivity contribution in [2.24, 2.45) is 0 Å². The largest absolute Gasteiger partial charge is 0.459 e. The normalized spacial score (nSPS) is 14.0. The van der Waals surface area contributed by atoms with Crippen molar-refractivity contribution in [2.45, 2.75) is 38.6 Å². The molecule has 1 aromatic heterocycles. The van der Waals surface area contributed by atoms with Crippen LogP contribution in [0.4, 0.5) is 5.69 Å². The van der Waals surface area contributed by atoms with Gasteiger partial charge in [-0.3, -0.25) is 9.59 Å². The Kier molecular flexibility index (Phi) is 5.47. The van der Waals surface area contributed by atoms with E-state index in [1.54, 1.807) is 36.4 Å².